The number of rotatable bonds is 1. The molecule has 2 N–H and O–H groups in total. The fraction of sp³-hybridized carbons (Fsp3) is 0.333. The number of carboxylic acid groups (broad SMARTS) is 2. The lowest BCUT2D eigenvalue weighted by Gasteiger charge is -2.42. The Bertz CT molecular complexity index is 846. The molecule has 4 rings (SSSR count). The minimum absolute atomic E-state index is 0.656. The number of fused-ring (bicyclic) bond motifs is 3. The van der Waals surface area contributed by atoms with Crippen molar-refractivity contribution in [3.8, 4) is 0 Å². The van der Waals surface area contributed by atoms with E-state index in [0.29, 0.717) is 6.04 Å². The minimum Gasteiger partial charge on any atom is -0.473 e. The molecule has 0 spiro atoms. The Hall–Kier alpha value is -2.66. The molecular weight excluding hydrogens is 330 g/mol. The van der Waals surface area contributed by atoms with Gasteiger partial charge in [-0.3, -0.25) is 4.90 Å². The lowest BCUT2D eigenvalue weighted by atomic mass is 9.83. The van der Waals surface area contributed by atoms with Gasteiger partial charge in [0.2, 0.25) is 0 Å². The molecule has 2 bridgehead atoms. The van der Waals surface area contributed by atoms with Crippen LogP contribution in [0.4, 0.5) is 0 Å². The number of nitrogens with zero attached hydrogens (tertiary/aromatic N) is 1. The molecule has 26 heavy (non-hydrogen) atoms. The number of carbonyl (C=O) groups is 2. The van der Waals surface area contributed by atoms with E-state index < -0.39 is 11.9 Å². The van der Waals surface area contributed by atoms with Crippen molar-refractivity contribution >= 4 is 28.3 Å². The second-order valence-corrected chi connectivity index (χ2v) is 6.89. The zero-order chi connectivity index (χ0) is 18.7. The molecular formula is C21H23NO4. The Morgan fingerprint density at radius 2 is 1.69 bits per heavy atom. The summed E-state index contributed by atoms with van der Waals surface area (Å²) in [6, 6.07) is 17.0. The molecule has 0 amide bonds. The molecule has 136 valence electrons. The van der Waals surface area contributed by atoms with E-state index in [1.54, 1.807) is 5.57 Å². The first kappa shape index (κ1) is 18.1. The standard InChI is InChI=1S/C19H21N.C2H2O4/c1-20-18-7-4-8-19(20)13-17(12-18)16-10-9-14-5-2-3-6-15(14)11-16;3-1(4)2(5)6/h2-3,5-6,9-12,18-19H,4,7-8,13H2,1H3;(H,3,4)(H,5,6). The number of hydrogen-bond donors (Lipinski definition) is 2. The van der Waals surface area contributed by atoms with Crippen molar-refractivity contribution in [2.45, 2.75) is 37.8 Å². The van der Waals surface area contributed by atoms with Gasteiger partial charge in [-0.15, -0.1) is 0 Å². The quantitative estimate of drug-likeness (QED) is 0.766. The van der Waals surface area contributed by atoms with Crippen LogP contribution < -0.4 is 0 Å². The molecule has 2 aromatic carbocycles. The third-order valence-corrected chi connectivity index (χ3v) is 5.29. The number of carboxylic acids is 2. The lowest BCUT2D eigenvalue weighted by molar-refractivity contribution is -0.159. The van der Waals surface area contributed by atoms with Crippen LogP contribution in [0.3, 0.4) is 0 Å². The van der Waals surface area contributed by atoms with Gasteiger partial charge in [0.15, 0.2) is 0 Å². The molecule has 0 radical (unpaired) electrons. The zero-order valence-electron chi connectivity index (χ0n) is 14.8. The van der Waals surface area contributed by atoms with Gasteiger partial charge in [0, 0.05) is 12.1 Å². The zero-order valence-corrected chi connectivity index (χ0v) is 14.8. The van der Waals surface area contributed by atoms with E-state index >= 15 is 0 Å². The van der Waals surface area contributed by atoms with Crippen LogP contribution in [0.5, 0.6) is 0 Å². The SMILES string of the molecule is CN1C2C=C(c3ccc4ccccc4c3)CC1CCC2.O=C(O)C(=O)O. The molecule has 2 aliphatic rings. The van der Waals surface area contributed by atoms with Crippen molar-refractivity contribution < 1.29 is 19.8 Å². The third kappa shape index (κ3) is 3.94. The Balaban J connectivity index is 0.000000286. The van der Waals surface area contributed by atoms with Crippen molar-refractivity contribution in [1.82, 2.24) is 4.90 Å². The highest BCUT2D eigenvalue weighted by atomic mass is 16.4. The highest BCUT2D eigenvalue weighted by Gasteiger charge is 2.31. The van der Waals surface area contributed by atoms with Gasteiger partial charge in [-0.1, -0.05) is 48.9 Å². The van der Waals surface area contributed by atoms with Gasteiger partial charge < -0.3 is 10.2 Å². The summed E-state index contributed by atoms with van der Waals surface area (Å²) in [4.78, 5) is 20.8. The maximum Gasteiger partial charge on any atom is 0.414 e. The van der Waals surface area contributed by atoms with Crippen LogP contribution >= 0.6 is 0 Å². The van der Waals surface area contributed by atoms with Gasteiger partial charge in [-0.05, 0) is 54.3 Å². The first-order valence-electron chi connectivity index (χ1n) is 8.83. The summed E-state index contributed by atoms with van der Waals surface area (Å²) in [5, 5.41) is 17.5. The second kappa shape index (κ2) is 7.70. The second-order valence-electron chi connectivity index (χ2n) is 6.89. The van der Waals surface area contributed by atoms with Crippen LogP contribution in [-0.4, -0.2) is 46.2 Å². The summed E-state index contributed by atoms with van der Waals surface area (Å²) in [6.45, 7) is 0. The van der Waals surface area contributed by atoms with Gasteiger partial charge >= 0.3 is 11.9 Å². The number of likely N-dealkylation sites (N-methyl/N-ethyl adjacent to an activating group) is 1. The van der Waals surface area contributed by atoms with Crippen LogP contribution in [0.2, 0.25) is 0 Å². The van der Waals surface area contributed by atoms with Gasteiger partial charge in [0.25, 0.3) is 0 Å². The van der Waals surface area contributed by atoms with E-state index in [1.807, 2.05) is 0 Å². The summed E-state index contributed by atoms with van der Waals surface area (Å²) < 4.78 is 0. The van der Waals surface area contributed by atoms with E-state index in [0.717, 1.165) is 6.04 Å². The van der Waals surface area contributed by atoms with Crippen LogP contribution in [0.1, 0.15) is 31.2 Å². The molecule has 0 saturated carbocycles. The topological polar surface area (TPSA) is 77.8 Å². The normalized spacial score (nSPS) is 22.1. The number of benzene rings is 2. The third-order valence-electron chi connectivity index (χ3n) is 5.29. The van der Waals surface area contributed by atoms with E-state index in [1.165, 1.54) is 42.0 Å². The minimum atomic E-state index is -1.82. The highest BCUT2D eigenvalue weighted by molar-refractivity contribution is 6.27. The van der Waals surface area contributed by atoms with E-state index in [-0.39, 0.29) is 0 Å². The monoisotopic (exact) mass is 353 g/mol. The molecule has 1 fully saturated rings. The summed E-state index contributed by atoms with van der Waals surface area (Å²) >= 11 is 0. The predicted molar refractivity (Wildman–Crippen MR) is 101 cm³/mol. The first-order chi connectivity index (χ1) is 12.5. The average Bonchev–Trinajstić information content (AvgIpc) is 2.61. The molecule has 1 saturated heterocycles. The number of hydrogen-bond acceptors (Lipinski definition) is 3. The molecule has 2 unspecified atom stereocenters. The molecule has 2 aromatic rings. The van der Waals surface area contributed by atoms with Crippen LogP contribution in [-0.2, 0) is 9.59 Å². The molecule has 0 aromatic heterocycles. The summed E-state index contributed by atoms with van der Waals surface area (Å²) in [5.41, 5.74) is 2.98. The molecule has 0 aliphatic carbocycles. The fourth-order valence-corrected chi connectivity index (χ4v) is 3.84. The van der Waals surface area contributed by atoms with Crippen molar-refractivity contribution in [2.75, 3.05) is 7.05 Å². The van der Waals surface area contributed by atoms with E-state index in [9.17, 15) is 0 Å². The first-order valence-corrected chi connectivity index (χ1v) is 8.83. The highest BCUT2D eigenvalue weighted by Crippen LogP contribution is 2.36. The molecule has 2 heterocycles. The van der Waals surface area contributed by atoms with Crippen molar-refractivity contribution in [1.29, 1.82) is 0 Å². The molecule has 5 heteroatoms. The van der Waals surface area contributed by atoms with E-state index in [4.69, 9.17) is 19.8 Å². The van der Waals surface area contributed by atoms with Crippen LogP contribution in [0.25, 0.3) is 16.3 Å². The average molecular weight is 353 g/mol. The van der Waals surface area contributed by atoms with Gasteiger partial charge in [-0.2, -0.15) is 0 Å². The molecule has 5 nitrogen and oxygen atoms in total. The van der Waals surface area contributed by atoms with Crippen molar-refractivity contribution in [3.05, 3.63) is 54.1 Å². The Morgan fingerprint density at radius 3 is 2.35 bits per heavy atom. The lowest BCUT2D eigenvalue weighted by Crippen LogP contribution is -2.45. The molecule has 2 atom stereocenters. The summed E-state index contributed by atoms with van der Waals surface area (Å²) in [6.07, 6.45) is 7.80. The summed E-state index contributed by atoms with van der Waals surface area (Å²) in [7, 11) is 2.29. The van der Waals surface area contributed by atoms with E-state index in [2.05, 4.69) is 60.5 Å². The Kier molecular flexibility index (Phi) is 5.38. The Labute approximate surface area is 152 Å². The van der Waals surface area contributed by atoms with Gasteiger partial charge in [0.1, 0.15) is 0 Å². The summed E-state index contributed by atoms with van der Waals surface area (Å²) in [5.74, 6) is -3.65. The molecule has 2 aliphatic heterocycles. The van der Waals surface area contributed by atoms with Crippen molar-refractivity contribution in [2.24, 2.45) is 0 Å². The maximum atomic E-state index is 9.10. The Morgan fingerprint density at radius 1 is 1.00 bits per heavy atom. The largest absolute Gasteiger partial charge is 0.473 e. The van der Waals surface area contributed by atoms with Gasteiger partial charge in [-0.25, -0.2) is 9.59 Å². The van der Waals surface area contributed by atoms with Crippen molar-refractivity contribution in [3.63, 3.8) is 0 Å². The van der Waals surface area contributed by atoms with Crippen LogP contribution in [0.15, 0.2) is 48.5 Å². The van der Waals surface area contributed by atoms with Gasteiger partial charge in [0.05, 0.1) is 0 Å². The maximum absolute atomic E-state index is 9.10. The smallest absolute Gasteiger partial charge is 0.414 e. The number of aliphatic carboxylic acids is 2. The number of piperidine rings is 1. The fourth-order valence-electron chi connectivity index (χ4n) is 3.84. The predicted octanol–water partition coefficient (Wildman–Crippen LogP) is 3.64. The van der Waals surface area contributed by atoms with Crippen LogP contribution in [0, 0.1) is 0 Å².